The number of nitrogens with zero attached hydrogens (tertiary/aromatic N) is 4. The molecular formula is C21H26N6O4. The summed E-state index contributed by atoms with van der Waals surface area (Å²) in [5.74, 6) is 0.685. The van der Waals surface area contributed by atoms with Gasteiger partial charge >= 0.3 is 0 Å². The highest BCUT2D eigenvalue weighted by atomic mass is 16.3. The third kappa shape index (κ3) is 3.90. The third-order valence-corrected chi connectivity index (χ3v) is 6.16. The largest absolute Gasteiger partial charge is 0.483 e. The van der Waals surface area contributed by atoms with Gasteiger partial charge in [0.2, 0.25) is 0 Å². The molecule has 10 heteroatoms. The Morgan fingerprint density at radius 1 is 1.23 bits per heavy atom. The fourth-order valence-corrected chi connectivity index (χ4v) is 4.99. The number of aromatic nitrogens is 5. The number of hydrogen-bond acceptors (Lipinski definition) is 6. The second kappa shape index (κ2) is 8.10. The van der Waals surface area contributed by atoms with E-state index in [0.717, 1.165) is 61.4 Å². The Morgan fingerprint density at radius 3 is 2.77 bits per heavy atom. The van der Waals surface area contributed by atoms with E-state index >= 15 is 0 Å². The standard InChI is InChI=1S/C20H24N6O2.CH2O2/c1-12-8-16-23-14(9-17(27)26(16)24-12)10-25-7-3-5-20(11-25)6-4-15-18(20)21-13(2)22-19(15)28;2-1-3/h8-9,24H,3-7,10-11H2,1-2H3,(H,21,22,28);1H,(H,2,3). The summed E-state index contributed by atoms with van der Waals surface area (Å²) in [6.45, 7) is 5.96. The molecule has 0 saturated carbocycles. The van der Waals surface area contributed by atoms with Gasteiger partial charge in [0.05, 0.1) is 11.4 Å². The second-order valence-corrected chi connectivity index (χ2v) is 8.40. The van der Waals surface area contributed by atoms with Crippen LogP contribution in [0, 0.1) is 13.8 Å². The molecule has 5 rings (SSSR count). The molecular weight excluding hydrogens is 400 g/mol. The number of H-pyrrole nitrogens is 2. The molecule has 164 valence electrons. The predicted molar refractivity (Wildman–Crippen MR) is 113 cm³/mol. The van der Waals surface area contributed by atoms with E-state index in [2.05, 4.69) is 20.0 Å². The van der Waals surface area contributed by atoms with Crippen molar-refractivity contribution in [3.8, 4) is 0 Å². The molecule has 0 bridgehead atoms. The van der Waals surface area contributed by atoms with Crippen LogP contribution in [0.1, 0.15) is 47.7 Å². The Hall–Kier alpha value is -3.27. The Labute approximate surface area is 178 Å². The Bertz CT molecular complexity index is 1240. The molecule has 1 unspecified atom stereocenters. The number of nitrogens with one attached hydrogen (secondary N) is 2. The first-order valence-electron chi connectivity index (χ1n) is 10.3. The lowest BCUT2D eigenvalue weighted by Crippen LogP contribution is -2.45. The summed E-state index contributed by atoms with van der Waals surface area (Å²) in [4.78, 5) is 47.7. The zero-order chi connectivity index (χ0) is 22.2. The van der Waals surface area contributed by atoms with E-state index < -0.39 is 0 Å². The van der Waals surface area contributed by atoms with Gasteiger partial charge in [-0.15, -0.1) is 0 Å². The zero-order valence-corrected chi connectivity index (χ0v) is 17.6. The van der Waals surface area contributed by atoms with Crippen molar-refractivity contribution in [1.29, 1.82) is 0 Å². The fraction of sp³-hybridized carbons (Fsp3) is 0.476. The SMILES string of the molecule is Cc1cc2nc(CN3CCCC4(CCc5c4nc(C)[nH]c5=O)C3)cc(=O)n2[nH]1.O=CO. The van der Waals surface area contributed by atoms with Gasteiger partial charge in [0.15, 0.2) is 5.65 Å². The highest BCUT2D eigenvalue weighted by molar-refractivity contribution is 5.39. The van der Waals surface area contributed by atoms with Crippen molar-refractivity contribution in [3.63, 3.8) is 0 Å². The van der Waals surface area contributed by atoms with E-state index in [-0.39, 0.29) is 23.0 Å². The molecule has 1 fully saturated rings. The maximum atomic E-state index is 12.4. The number of hydrogen-bond donors (Lipinski definition) is 3. The minimum absolute atomic E-state index is 0.0134. The summed E-state index contributed by atoms with van der Waals surface area (Å²) in [5.41, 5.74) is 4.06. The van der Waals surface area contributed by atoms with E-state index in [9.17, 15) is 9.59 Å². The molecule has 4 heterocycles. The van der Waals surface area contributed by atoms with Crippen LogP contribution in [0.3, 0.4) is 0 Å². The molecule has 31 heavy (non-hydrogen) atoms. The molecule has 0 radical (unpaired) electrons. The van der Waals surface area contributed by atoms with Crippen LogP contribution in [-0.4, -0.2) is 54.1 Å². The van der Waals surface area contributed by atoms with Crippen molar-refractivity contribution in [1.82, 2.24) is 29.5 Å². The van der Waals surface area contributed by atoms with Crippen molar-refractivity contribution in [3.05, 3.63) is 61.3 Å². The lowest BCUT2D eigenvalue weighted by Gasteiger charge is -2.40. The minimum Gasteiger partial charge on any atom is -0.483 e. The van der Waals surface area contributed by atoms with Gasteiger partial charge in [-0.3, -0.25) is 24.4 Å². The molecule has 2 aliphatic rings. The normalized spacial score (nSPS) is 20.5. The van der Waals surface area contributed by atoms with Gasteiger partial charge in [-0.1, -0.05) is 0 Å². The molecule has 10 nitrogen and oxygen atoms in total. The van der Waals surface area contributed by atoms with E-state index in [1.54, 1.807) is 6.07 Å². The molecule has 0 aromatic carbocycles. The second-order valence-electron chi connectivity index (χ2n) is 8.40. The first-order chi connectivity index (χ1) is 14.8. The molecule has 1 aliphatic heterocycles. The van der Waals surface area contributed by atoms with Crippen molar-refractivity contribution in [2.75, 3.05) is 13.1 Å². The van der Waals surface area contributed by atoms with Crippen molar-refractivity contribution in [2.45, 2.75) is 51.5 Å². The average Bonchev–Trinajstić information content (AvgIpc) is 3.24. The summed E-state index contributed by atoms with van der Waals surface area (Å²) in [6, 6.07) is 3.49. The van der Waals surface area contributed by atoms with Gasteiger partial charge in [-0.25, -0.2) is 14.5 Å². The maximum absolute atomic E-state index is 12.4. The minimum atomic E-state index is -0.250. The highest BCUT2D eigenvalue weighted by Gasteiger charge is 2.44. The average molecular weight is 426 g/mol. The van der Waals surface area contributed by atoms with Gasteiger partial charge in [0, 0.05) is 41.9 Å². The van der Waals surface area contributed by atoms with Crippen LogP contribution in [0.5, 0.6) is 0 Å². The fourth-order valence-electron chi connectivity index (χ4n) is 4.99. The van der Waals surface area contributed by atoms with Crippen molar-refractivity contribution < 1.29 is 9.90 Å². The lowest BCUT2D eigenvalue weighted by molar-refractivity contribution is -0.122. The summed E-state index contributed by atoms with van der Waals surface area (Å²) >= 11 is 0. The molecule has 3 aromatic heterocycles. The summed E-state index contributed by atoms with van der Waals surface area (Å²) in [5, 5.41) is 9.89. The summed E-state index contributed by atoms with van der Waals surface area (Å²) < 4.78 is 1.47. The molecule has 1 aliphatic carbocycles. The quantitative estimate of drug-likeness (QED) is 0.518. The van der Waals surface area contributed by atoms with E-state index in [4.69, 9.17) is 14.9 Å². The number of rotatable bonds is 2. The van der Waals surface area contributed by atoms with Crippen molar-refractivity contribution >= 4 is 12.1 Å². The van der Waals surface area contributed by atoms with E-state index in [1.165, 1.54) is 4.52 Å². The van der Waals surface area contributed by atoms with Gasteiger partial charge in [0.25, 0.3) is 17.6 Å². The molecule has 1 saturated heterocycles. The first-order valence-corrected chi connectivity index (χ1v) is 10.3. The number of likely N-dealkylation sites (tertiary alicyclic amines) is 1. The molecule has 0 amide bonds. The predicted octanol–water partition coefficient (Wildman–Crippen LogP) is 0.904. The number of piperidine rings is 1. The molecule has 1 atom stereocenters. The highest BCUT2D eigenvalue weighted by Crippen LogP contribution is 2.43. The summed E-state index contributed by atoms with van der Waals surface area (Å²) in [6.07, 6.45) is 3.86. The van der Waals surface area contributed by atoms with Crippen LogP contribution in [-0.2, 0) is 23.2 Å². The first kappa shape index (κ1) is 21.0. The van der Waals surface area contributed by atoms with E-state index in [1.807, 2.05) is 19.9 Å². The number of fused-ring (bicyclic) bond motifs is 3. The topological polar surface area (TPSA) is 136 Å². The van der Waals surface area contributed by atoms with Gasteiger partial charge < -0.3 is 10.1 Å². The molecule has 3 aromatic rings. The number of carboxylic acid groups (broad SMARTS) is 1. The van der Waals surface area contributed by atoms with Gasteiger partial charge in [-0.2, -0.15) is 0 Å². The maximum Gasteiger partial charge on any atom is 0.290 e. The van der Waals surface area contributed by atoms with Crippen molar-refractivity contribution in [2.24, 2.45) is 0 Å². The zero-order valence-electron chi connectivity index (χ0n) is 17.6. The number of aromatic amines is 2. The Kier molecular flexibility index (Phi) is 5.48. The number of carbonyl (C=O) groups is 1. The summed E-state index contributed by atoms with van der Waals surface area (Å²) in [7, 11) is 0. The van der Waals surface area contributed by atoms with Gasteiger partial charge in [-0.05, 0) is 46.1 Å². The Morgan fingerprint density at radius 2 is 2.00 bits per heavy atom. The van der Waals surface area contributed by atoms with Crippen LogP contribution in [0.4, 0.5) is 0 Å². The van der Waals surface area contributed by atoms with Gasteiger partial charge in [0.1, 0.15) is 5.82 Å². The lowest BCUT2D eigenvalue weighted by atomic mass is 9.77. The van der Waals surface area contributed by atoms with Crippen LogP contribution in [0.25, 0.3) is 5.65 Å². The van der Waals surface area contributed by atoms with E-state index in [0.29, 0.717) is 18.0 Å². The third-order valence-electron chi connectivity index (χ3n) is 6.16. The molecule has 3 N–H and O–H groups in total. The number of aryl methyl sites for hydroxylation is 2. The van der Waals surface area contributed by atoms with Crippen LogP contribution in [0.2, 0.25) is 0 Å². The van der Waals surface area contributed by atoms with Crippen LogP contribution in [0.15, 0.2) is 21.7 Å². The van der Waals surface area contributed by atoms with Crippen LogP contribution < -0.4 is 11.1 Å². The molecule has 1 spiro atoms. The monoisotopic (exact) mass is 426 g/mol. The van der Waals surface area contributed by atoms with Crippen LogP contribution >= 0.6 is 0 Å². The smallest absolute Gasteiger partial charge is 0.290 e. The Balaban J connectivity index is 0.000000730.